The summed E-state index contributed by atoms with van der Waals surface area (Å²) in [6, 6.07) is 49.7. The van der Waals surface area contributed by atoms with E-state index in [1.807, 2.05) is 79.8 Å². The van der Waals surface area contributed by atoms with E-state index in [4.69, 9.17) is 110 Å². The van der Waals surface area contributed by atoms with Crippen LogP contribution in [0.25, 0.3) is 0 Å². The van der Waals surface area contributed by atoms with E-state index in [0.29, 0.717) is 102 Å². The number of aliphatic hydroxyl groups is 1. The number of nitrogens with two attached hydrogens (primary N) is 2. The van der Waals surface area contributed by atoms with Crippen molar-refractivity contribution in [2.24, 2.45) is 5.73 Å². The van der Waals surface area contributed by atoms with E-state index >= 15 is 0 Å². The van der Waals surface area contributed by atoms with Gasteiger partial charge in [0.15, 0.2) is 0 Å². The number of nitro groups is 3. The number of aliphatic hydroxyl groups excluding tert-OH is 1. The molecule has 0 aliphatic carbocycles. The molecule has 8 aromatic rings. The number of nitrogens with zero attached hydrogens (tertiary/aromatic N) is 4. The van der Waals surface area contributed by atoms with Crippen LogP contribution in [0.3, 0.4) is 0 Å². The van der Waals surface area contributed by atoms with E-state index in [1.54, 1.807) is 55.5 Å². The van der Waals surface area contributed by atoms with Crippen LogP contribution in [-0.2, 0) is 69.9 Å². The van der Waals surface area contributed by atoms with Gasteiger partial charge in [-0.15, -0.1) is 0 Å². The van der Waals surface area contributed by atoms with E-state index in [9.17, 15) is 60.7 Å². The molecule has 5 saturated heterocycles. The van der Waals surface area contributed by atoms with Crippen LogP contribution in [0.2, 0.25) is 20.1 Å². The van der Waals surface area contributed by atoms with Gasteiger partial charge in [0.2, 0.25) is 19.1 Å². The second kappa shape index (κ2) is 56.3. The zero-order valence-corrected chi connectivity index (χ0v) is 75.5. The average Bonchev–Trinajstić information content (AvgIpc) is 1.64. The van der Waals surface area contributed by atoms with Gasteiger partial charge < -0.3 is 79.8 Å². The number of hydrogen-bond acceptors (Lipinski definition) is 29. The summed E-state index contributed by atoms with van der Waals surface area (Å²) in [5.74, 6) is 2.59. The molecule has 0 radical (unpaired) electrons. The van der Waals surface area contributed by atoms with E-state index in [-0.39, 0.29) is 47.0 Å². The Morgan fingerprint density at radius 3 is 1.43 bits per heavy atom. The van der Waals surface area contributed by atoms with Crippen LogP contribution in [0.1, 0.15) is 58.6 Å². The molecular weight excluding hydrogens is 1770 g/mol. The Morgan fingerprint density at radius 2 is 1.02 bits per heavy atom. The van der Waals surface area contributed by atoms with Crippen LogP contribution >= 0.6 is 57.1 Å². The van der Waals surface area contributed by atoms with Crippen LogP contribution in [0.15, 0.2) is 187 Å². The molecule has 5 aliphatic rings. The summed E-state index contributed by atoms with van der Waals surface area (Å²) >= 11 is 23.4. The Hall–Kier alpha value is -8.74. The number of phenols is 1. The van der Waals surface area contributed by atoms with Crippen LogP contribution in [0, 0.1) is 30.3 Å². The number of nitrogens with one attached hydrogen (secondary N) is 3. The van der Waals surface area contributed by atoms with Crippen molar-refractivity contribution < 1.29 is 97.1 Å². The van der Waals surface area contributed by atoms with Gasteiger partial charge in [-0.25, -0.2) is 16.8 Å². The predicted octanol–water partition coefficient (Wildman–Crippen LogP) is 14.5. The maximum atomic E-state index is 11.8. The lowest BCUT2D eigenvalue weighted by Crippen LogP contribution is -2.32. The van der Waals surface area contributed by atoms with Gasteiger partial charge in [-0.2, -0.15) is 8.42 Å². The standard InChI is InChI=1S/C18H22Cl2N2O4S.C10H11NO6S.C10H13NO2.C9H9NO4.C9H11NO2.C8H9Cl2N.C7H17N.C6H5NO3.C4H8O.CH3ClO2S/c1-27(24,25)22-14-3-2-4-16(10-14)26-12-15(23)11-21-8-7-13-5-6-17(19)18(20)9-13;1-10(6-16-10)7-17-18(14,15)9-4-2-3-8(5-9)11(12)13;1-11-8-3-2-4-9(5-8)12-6-10-7-13-10;11-10(12)7-2-1-3-8(4-7)13-5-9-6-14-9;10-7-2-1-3-8(4-7)11-5-9-6-12-9;9-7-2-1-6(3-4-11)5-8(7)10;1-5-8(6-2)7(3)4;8-6-3-1-2-5(4-6)7(9)10;1-2-4-5-3-1;1-5(2,3)4/h2-6,9-10,15,21-23H,7-8,11-12H2,1H3;2-5H,6-7H2,1H3;2-5,10-11H,6-7H2,1H3;1-4,9H,5-6H2;1-4,9H,5-6,10H2;1-2,5H,3-4,11H2;7H,5-6H2,1-4H3;1-4,8H;1-4H2;1H3/t15-;2*10-;2*9-;;;;;/m00111...../s1. The third-order valence-electron chi connectivity index (χ3n) is 16.4. The van der Waals surface area contributed by atoms with Crippen LogP contribution in [-0.4, -0.2) is 216 Å². The number of nitro benzene ring substituents is 3. The third-order valence-corrected chi connectivity index (χ3v) is 19.7. The molecule has 0 aromatic heterocycles. The monoisotopic (exact) mass is 1870 g/mol. The number of epoxide rings is 4. The average molecular weight is 1880 g/mol. The number of phenolic OH excluding ortho intramolecular Hbond substituents is 1. The van der Waals surface area contributed by atoms with Crippen molar-refractivity contribution >= 4 is 120 Å². The van der Waals surface area contributed by atoms with Gasteiger partial charge in [0.05, 0.1) is 98.2 Å². The lowest BCUT2D eigenvalue weighted by atomic mass is 10.1. The van der Waals surface area contributed by atoms with Gasteiger partial charge in [0.1, 0.15) is 90.1 Å². The molecular formula is C82H108Cl5N9O24S3. The Labute approximate surface area is 742 Å². The van der Waals surface area contributed by atoms with Crippen LogP contribution in [0.4, 0.5) is 34.1 Å². The number of nitrogen functional groups attached to an aromatic ring is 1. The number of halogens is 5. The van der Waals surface area contributed by atoms with Gasteiger partial charge in [-0.05, 0) is 163 Å². The number of benzene rings is 8. The molecule has 5 fully saturated rings. The number of hydrogen-bond donors (Lipinski definition) is 7. The summed E-state index contributed by atoms with van der Waals surface area (Å²) < 4.78 is 119. The Kier molecular flexibility index (Phi) is 48.8. The first-order chi connectivity index (χ1) is 58.2. The Bertz CT molecular complexity index is 4850. The smallest absolute Gasteiger partial charge is 0.297 e. The number of rotatable bonds is 32. The zero-order chi connectivity index (χ0) is 91.1. The largest absolute Gasteiger partial charge is 0.508 e. The van der Waals surface area contributed by atoms with Crippen molar-refractivity contribution in [3.63, 3.8) is 0 Å². The highest BCUT2D eigenvalue weighted by Crippen LogP contribution is 2.30. The van der Waals surface area contributed by atoms with E-state index < -0.39 is 55.7 Å². The summed E-state index contributed by atoms with van der Waals surface area (Å²) in [7, 11) is -4.14. The number of sulfonamides is 1. The summed E-state index contributed by atoms with van der Waals surface area (Å²) in [6.45, 7) is 21.1. The van der Waals surface area contributed by atoms with E-state index in [1.165, 1.54) is 74.5 Å². The Balaban J connectivity index is 0.000000297. The topological polar surface area (TPSA) is 469 Å². The number of ether oxygens (including phenoxy) is 9. The summed E-state index contributed by atoms with van der Waals surface area (Å²) in [5.41, 5.74) is 14.4. The summed E-state index contributed by atoms with van der Waals surface area (Å²) in [4.78, 5) is 31.6. The Morgan fingerprint density at radius 1 is 0.593 bits per heavy atom. The highest BCUT2D eigenvalue weighted by molar-refractivity contribution is 8.13. The molecule has 41 heteroatoms. The quantitative estimate of drug-likeness (QED) is 0.00391. The number of non-ortho nitro benzene ring substituents is 3. The molecule has 5 atom stereocenters. The van der Waals surface area contributed by atoms with Gasteiger partial charge in [-0.3, -0.25) is 39.2 Å². The van der Waals surface area contributed by atoms with Crippen LogP contribution in [0.5, 0.6) is 28.7 Å². The van der Waals surface area contributed by atoms with Gasteiger partial charge in [0, 0.05) is 97.4 Å². The fraction of sp³-hybridized carbons (Fsp3) is 0.415. The van der Waals surface area contributed by atoms with Crippen molar-refractivity contribution in [1.29, 1.82) is 0 Å². The van der Waals surface area contributed by atoms with Crippen molar-refractivity contribution in [2.75, 3.05) is 141 Å². The fourth-order valence-electron chi connectivity index (χ4n) is 9.57. The lowest BCUT2D eigenvalue weighted by Gasteiger charge is -2.21. The highest BCUT2D eigenvalue weighted by atomic mass is 35.7. The minimum Gasteiger partial charge on any atom is -0.508 e. The molecule has 678 valence electrons. The van der Waals surface area contributed by atoms with Crippen molar-refractivity contribution in [1.82, 2.24) is 10.2 Å². The number of anilines is 3. The molecule has 0 bridgehead atoms. The van der Waals surface area contributed by atoms with Crippen LogP contribution < -0.4 is 45.8 Å². The normalized spacial score (nSPS) is 16.2. The van der Waals surface area contributed by atoms with E-state index in [2.05, 4.69) is 58.6 Å². The summed E-state index contributed by atoms with van der Waals surface area (Å²) in [6.07, 6.45) is 6.23. The second-order valence-electron chi connectivity index (χ2n) is 27.6. The molecule has 0 amide bonds. The van der Waals surface area contributed by atoms with Crippen molar-refractivity contribution in [2.45, 2.75) is 101 Å². The SMILES string of the molecule is C1CCOC1.CCN(CC)C(C)C.CNc1cccc(OC[C@@H]2CO2)c1.CS(=O)(=O)Cl.CS(=O)(=O)Nc1cccc(OC[C@@H](O)CNCCc2ccc(Cl)c(Cl)c2)c1.C[C@@]1(COS(=O)(=O)c2cccc([N+](=O)[O-])c2)CO1.NCCc1ccc(Cl)c(Cl)c1.Nc1cccc(OC[C@@H]2CO2)c1.O=[N+]([O-])c1cccc(O)c1.O=[N+]([O-])c1cccc(OC[C@@H]2CO2)c1. The molecule has 5 aliphatic heterocycles. The van der Waals surface area contributed by atoms with Gasteiger partial charge in [0.25, 0.3) is 27.2 Å². The third kappa shape index (κ3) is 50.7. The zero-order valence-electron chi connectivity index (χ0n) is 69.3. The summed E-state index contributed by atoms with van der Waals surface area (Å²) in [5, 5.41) is 58.2. The minimum absolute atomic E-state index is 0.0409. The van der Waals surface area contributed by atoms with Gasteiger partial charge >= 0.3 is 0 Å². The molecule has 0 spiro atoms. The lowest BCUT2D eigenvalue weighted by molar-refractivity contribution is -0.385. The first-order valence-electron chi connectivity index (χ1n) is 38.4. The maximum Gasteiger partial charge on any atom is 0.297 e. The molecule has 13 rings (SSSR count). The molecule has 5 heterocycles. The highest BCUT2D eigenvalue weighted by Gasteiger charge is 2.41. The molecule has 8 aromatic carbocycles. The van der Waals surface area contributed by atoms with E-state index in [0.717, 1.165) is 105 Å². The second-order valence-corrected chi connectivity index (χ2v) is 35.6. The van der Waals surface area contributed by atoms with Crippen molar-refractivity contribution in [3.05, 3.63) is 244 Å². The molecule has 123 heavy (non-hydrogen) atoms. The fourth-order valence-corrected chi connectivity index (χ4v) is 11.8. The first-order valence-corrected chi connectivity index (χ1v) is 45.9. The molecule has 0 saturated carbocycles. The maximum absolute atomic E-state index is 11.8. The van der Waals surface area contributed by atoms with Gasteiger partial charge in [-0.1, -0.05) is 109 Å². The predicted molar refractivity (Wildman–Crippen MR) is 478 cm³/mol. The van der Waals surface area contributed by atoms with Crippen molar-refractivity contribution in [3.8, 4) is 28.7 Å². The molecule has 33 nitrogen and oxygen atoms in total. The number of aromatic hydroxyl groups is 1. The first kappa shape index (κ1) is 107. The molecule has 0 unspecified atom stereocenters. The molecule has 9 N–H and O–H groups in total. The minimum atomic E-state index is -3.99.